The van der Waals surface area contributed by atoms with Gasteiger partial charge in [-0.15, -0.1) is 0 Å². The SMILES string of the molecule is COC(=O)c1ccccc1N(C)S(=O)(=O)c1cccnc1. The Morgan fingerprint density at radius 2 is 1.90 bits per heavy atom. The molecule has 0 N–H and O–H groups in total. The van der Waals surface area contributed by atoms with Gasteiger partial charge in [0.05, 0.1) is 18.4 Å². The number of para-hydroxylation sites is 1. The van der Waals surface area contributed by atoms with E-state index >= 15 is 0 Å². The number of rotatable bonds is 4. The van der Waals surface area contributed by atoms with Crippen LogP contribution < -0.4 is 4.31 Å². The van der Waals surface area contributed by atoms with Crippen LogP contribution in [-0.4, -0.2) is 33.5 Å². The van der Waals surface area contributed by atoms with Crippen LogP contribution in [0, 0.1) is 0 Å². The summed E-state index contributed by atoms with van der Waals surface area (Å²) in [6.07, 6.45) is 2.74. The first-order valence-corrected chi connectivity index (χ1v) is 7.49. The van der Waals surface area contributed by atoms with Gasteiger partial charge in [-0.2, -0.15) is 0 Å². The predicted octanol–water partition coefficient (Wildman–Crippen LogP) is 1.69. The lowest BCUT2D eigenvalue weighted by atomic mass is 10.2. The van der Waals surface area contributed by atoms with Crippen molar-refractivity contribution >= 4 is 21.7 Å². The molecule has 0 spiro atoms. The van der Waals surface area contributed by atoms with E-state index in [2.05, 4.69) is 9.72 Å². The number of benzene rings is 1. The minimum Gasteiger partial charge on any atom is -0.465 e. The molecule has 0 fully saturated rings. The van der Waals surface area contributed by atoms with Gasteiger partial charge >= 0.3 is 5.97 Å². The lowest BCUT2D eigenvalue weighted by Gasteiger charge is -2.21. The molecule has 0 saturated carbocycles. The molecule has 0 aliphatic heterocycles. The number of aromatic nitrogens is 1. The molecule has 0 radical (unpaired) electrons. The van der Waals surface area contributed by atoms with Crippen LogP contribution in [0.1, 0.15) is 10.4 Å². The van der Waals surface area contributed by atoms with Gasteiger partial charge in [0.1, 0.15) is 4.90 Å². The Morgan fingerprint density at radius 3 is 2.52 bits per heavy atom. The van der Waals surface area contributed by atoms with Crippen molar-refractivity contribution in [3.63, 3.8) is 0 Å². The molecule has 0 saturated heterocycles. The first-order valence-electron chi connectivity index (χ1n) is 6.05. The number of pyridine rings is 1. The van der Waals surface area contributed by atoms with Gasteiger partial charge in [0.2, 0.25) is 0 Å². The molecule has 7 heteroatoms. The van der Waals surface area contributed by atoms with Crippen LogP contribution in [0.3, 0.4) is 0 Å². The van der Waals surface area contributed by atoms with Crippen LogP contribution in [0.2, 0.25) is 0 Å². The number of methoxy groups -OCH3 is 1. The minimum absolute atomic E-state index is 0.0483. The van der Waals surface area contributed by atoms with E-state index in [1.165, 1.54) is 44.8 Å². The summed E-state index contributed by atoms with van der Waals surface area (Å²) in [5.41, 5.74) is 0.420. The summed E-state index contributed by atoms with van der Waals surface area (Å²) in [5, 5.41) is 0. The van der Waals surface area contributed by atoms with Gasteiger partial charge < -0.3 is 4.74 Å². The summed E-state index contributed by atoms with van der Waals surface area (Å²) in [6, 6.07) is 9.32. The molecule has 6 nitrogen and oxygen atoms in total. The number of nitrogens with zero attached hydrogens (tertiary/aromatic N) is 2. The summed E-state index contributed by atoms with van der Waals surface area (Å²) in [4.78, 5) is 15.6. The molecule has 0 aliphatic rings. The van der Waals surface area contributed by atoms with Gasteiger partial charge in [0, 0.05) is 19.4 Å². The number of carbonyl (C=O) groups is 1. The second-order valence-electron chi connectivity index (χ2n) is 4.17. The molecule has 0 bridgehead atoms. The molecule has 0 unspecified atom stereocenters. The van der Waals surface area contributed by atoms with E-state index in [1.54, 1.807) is 18.2 Å². The Balaban J connectivity index is 2.51. The fourth-order valence-electron chi connectivity index (χ4n) is 1.82. The highest BCUT2D eigenvalue weighted by molar-refractivity contribution is 7.92. The van der Waals surface area contributed by atoms with E-state index in [0.29, 0.717) is 0 Å². The Bertz CT molecular complexity index is 745. The van der Waals surface area contributed by atoms with Gasteiger partial charge in [-0.25, -0.2) is 13.2 Å². The number of hydrogen-bond acceptors (Lipinski definition) is 5. The topological polar surface area (TPSA) is 76.6 Å². The standard InChI is InChI=1S/C14H14N2O4S/c1-16(21(18,19)11-6-5-9-15-10-11)13-8-4-3-7-12(13)14(17)20-2/h3-10H,1-2H3. The first kappa shape index (κ1) is 15.0. The molecule has 2 aromatic rings. The van der Waals surface area contributed by atoms with Gasteiger partial charge in [0.25, 0.3) is 10.0 Å². The van der Waals surface area contributed by atoms with Crippen molar-refractivity contribution in [2.24, 2.45) is 0 Å². The Labute approximate surface area is 123 Å². The maximum absolute atomic E-state index is 12.5. The molecule has 1 aromatic heterocycles. The summed E-state index contributed by atoms with van der Waals surface area (Å²) in [5.74, 6) is -0.598. The minimum atomic E-state index is -3.79. The van der Waals surface area contributed by atoms with Crippen LogP contribution in [0.25, 0.3) is 0 Å². The molecule has 0 amide bonds. The Morgan fingerprint density at radius 1 is 1.19 bits per heavy atom. The lowest BCUT2D eigenvalue weighted by molar-refractivity contribution is 0.0601. The van der Waals surface area contributed by atoms with E-state index in [1.807, 2.05) is 0 Å². The van der Waals surface area contributed by atoms with Crippen molar-refractivity contribution in [2.45, 2.75) is 4.90 Å². The van der Waals surface area contributed by atoms with Crippen molar-refractivity contribution < 1.29 is 17.9 Å². The van der Waals surface area contributed by atoms with Gasteiger partial charge in [-0.1, -0.05) is 12.1 Å². The highest BCUT2D eigenvalue weighted by Crippen LogP contribution is 2.25. The zero-order valence-electron chi connectivity index (χ0n) is 11.6. The van der Waals surface area contributed by atoms with Crippen molar-refractivity contribution in [1.29, 1.82) is 0 Å². The van der Waals surface area contributed by atoms with Crippen molar-refractivity contribution in [3.05, 3.63) is 54.4 Å². The van der Waals surface area contributed by atoms with E-state index in [-0.39, 0.29) is 16.1 Å². The highest BCUT2D eigenvalue weighted by atomic mass is 32.2. The zero-order valence-corrected chi connectivity index (χ0v) is 12.4. The van der Waals surface area contributed by atoms with E-state index < -0.39 is 16.0 Å². The average Bonchev–Trinajstić information content (AvgIpc) is 2.54. The van der Waals surface area contributed by atoms with Crippen molar-refractivity contribution in [2.75, 3.05) is 18.5 Å². The zero-order chi connectivity index (χ0) is 15.5. The molecule has 21 heavy (non-hydrogen) atoms. The maximum Gasteiger partial charge on any atom is 0.340 e. The number of carbonyl (C=O) groups excluding carboxylic acids is 1. The number of ether oxygens (including phenoxy) is 1. The van der Waals surface area contributed by atoms with Crippen molar-refractivity contribution in [3.8, 4) is 0 Å². The van der Waals surface area contributed by atoms with Crippen LogP contribution in [-0.2, 0) is 14.8 Å². The van der Waals surface area contributed by atoms with E-state index in [0.717, 1.165) is 4.31 Å². The van der Waals surface area contributed by atoms with Crippen LogP contribution in [0.4, 0.5) is 5.69 Å². The third kappa shape index (κ3) is 2.87. The first-order chi connectivity index (χ1) is 9.98. The fraction of sp³-hybridized carbons (Fsp3) is 0.143. The number of esters is 1. The normalized spacial score (nSPS) is 11.0. The molecule has 0 aliphatic carbocycles. The number of sulfonamides is 1. The molecule has 2 rings (SSSR count). The molecule has 1 heterocycles. The van der Waals surface area contributed by atoms with Gasteiger partial charge in [-0.05, 0) is 24.3 Å². The van der Waals surface area contributed by atoms with E-state index in [9.17, 15) is 13.2 Å². The Hall–Kier alpha value is -2.41. The van der Waals surface area contributed by atoms with Crippen molar-refractivity contribution in [1.82, 2.24) is 4.98 Å². The van der Waals surface area contributed by atoms with Gasteiger partial charge in [-0.3, -0.25) is 9.29 Å². The highest BCUT2D eigenvalue weighted by Gasteiger charge is 2.25. The monoisotopic (exact) mass is 306 g/mol. The smallest absolute Gasteiger partial charge is 0.340 e. The number of hydrogen-bond donors (Lipinski definition) is 0. The lowest BCUT2D eigenvalue weighted by Crippen LogP contribution is -2.28. The summed E-state index contributed by atoms with van der Waals surface area (Å²) in [7, 11) is -1.17. The maximum atomic E-state index is 12.5. The quantitative estimate of drug-likeness (QED) is 0.803. The van der Waals surface area contributed by atoms with E-state index in [4.69, 9.17) is 0 Å². The van der Waals surface area contributed by atoms with Gasteiger partial charge in [0.15, 0.2) is 0 Å². The molecular formula is C14H14N2O4S. The molecule has 0 atom stereocenters. The fourth-order valence-corrected chi connectivity index (χ4v) is 3.00. The predicted molar refractivity (Wildman–Crippen MR) is 77.6 cm³/mol. The summed E-state index contributed by atoms with van der Waals surface area (Å²) < 4.78 is 30.8. The third-order valence-corrected chi connectivity index (χ3v) is 4.70. The average molecular weight is 306 g/mol. The third-order valence-electron chi connectivity index (χ3n) is 2.94. The molecule has 1 aromatic carbocycles. The number of anilines is 1. The van der Waals surface area contributed by atoms with Crippen LogP contribution in [0.5, 0.6) is 0 Å². The van der Waals surface area contributed by atoms with Crippen LogP contribution >= 0.6 is 0 Å². The largest absolute Gasteiger partial charge is 0.465 e. The molecule has 110 valence electrons. The second-order valence-corrected chi connectivity index (χ2v) is 6.14. The summed E-state index contributed by atoms with van der Waals surface area (Å²) >= 11 is 0. The Kier molecular flexibility index (Phi) is 4.23. The summed E-state index contributed by atoms with van der Waals surface area (Å²) in [6.45, 7) is 0. The van der Waals surface area contributed by atoms with Crippen LogP contribution in [0.15, 0.2) is 53.7 Å². The second kappa shape index (κ2) is 5.92. The molecular weight excluding hydrogens is 292 g/mol.